The van der Waals surface area contributed by atoms with Crippen molar-refractivity contribution < 1.29 is 4.79 Å². The van der Waals surface area contributed by atoms with Crippen LogP contribution in [0.15, 0.2) is 18.2 Å². The summed E-state index contributed by atoms with van der Waals surface area (Å²) in [6.45, 7) is 3.69. The Morgan fingerprint density at radius 2 is 2.10 bits per heavy atom. The molecule has 20 heavy (non-hydrogen) atoms. The predicted octanol–water partition coefficient (Wildman–Crippen LogP) is 3.31. The van der Waals surface area contributed by atoms with Gasteiger partial charge in [0.2, 0.25) is 0 Å². The first kappa shape index (κ1) is 14.0. The highest BCUT2D eigenvalue weighted by Gasteiger charge is 2.32. The van der Waals surface area contributed by atoms with Crippen LogP contribution in [0.25, 0.3) is 0 Å². The number of benzene rings is 1. The minimum absolute atomic E-state index is 0.0966. The zero-order valence-electron chi connectivity index (χ0n) is 11.1. The maximum atomic E-state index is 12.3. The molecule has 2 saturated heterocycles. The van der Waals surface area contributed by atoms with Crippen LogP contribution in [0.2, 0.25) is 10.0 Å². The van der Waals surface area contributed by atoms with Crippen molar-refractivity contribution in [1.29, 1.82) is 0 Å². The lowest BCUT2D eigenvalue weighted by Crippen LogP contribution is -2.53. The smallest absolute Gasteiger partial charge is 0.321 e. The molecular formula is C14H17Cl2N3O. The molecule has 1 aromatic rings. The molecule has 1 atom stereocenters. The number of fused-ring (bicyclic) bond motifs is 1. The molecule has 2 aliphatic heterocycles. The van der Waals surface area contributed by atoms with Gasteiger partial charge in [-0.15, -0.1) is 0 Å². The summed E-state index contributed by atoms with van der Waals surface area (Å²) in [6.07, 6.45) is 2.42. The fraction of sp³-hybridized carbons (Fsp3) is 0.500. The molecule has 0 spiro atoms. The summed E-state index contributed by atoms with van der Waals surface area (Å²) in [6, 6.07) is 5.66. The number of rotatable bonds is 1. The molecule has 0 saturated carbocycles. The fourth-order valence-corrected chi connectivity index (χ4v) is 3.32. The lowest BCUT2D eigenvalue weighted by molar-refractivity contribution is 0.124. The van der Waals surface area contributed by atoms with Gasteiger partial charge in [0, 0.05) is 25.7 Å². The van der Waals surface area contributed by atoms with Gasteiger partial charge in [-0.3, -0.25) is 4.90 Å². The van der Waals surface area contributed by atoms with Crippen LogP contribution in [-0.4, -0.2) is 48.1 Å². The van der Waals surface area contributed by atoms with E-state index in [1.807, 2.05) is 4.90 Å². The number of carbonyl (C=O) groups is 1. The molecular weight excluding hydrogens is 297 g/mol. The van der Waals surface area contributed by atoms with Crippen molar-refractivity contribution in [2.75, 3.05) is 31.5 Å². The number of hydrogen-bond donors (Lipinski definition) is 1. The highest BCUT2D eigenvalue weighted by molar-refractivity contribution is 6.43. The number of nitrogens with one attached hydrogen (secondary N) is 1. The van der Waals surface area contributed by atoms with Crippen LogP contribution in [0, 0.1) is 0 Å². The van der Waals surface area contributed by atoms with Crippen LogP contribution in [0.5, 0.6) is 0 Å². The second-order valence-corrected chi connectivity index (χ2v) is 6.09. The maximum absolute atomic E-state index is 12.3. The second-order valence-electron chi connectivity index (χ2n) is 5.31. The van der Waals surface area contributed by atoms with Gasteiger partial charge in [-0.2, -0.15) is 0 Å². The van der Waals surface area contributed by atoms with Gasteiger partial charge >= 0.3 is 6.03 Å². The minimum Gasteiger partial charge on any atom is -0.322 e. The van der Waals surface area contributed by atoms with E-state index in [-0.39, 0.29) is 6.03 Å². The summed E-state index contributed by atoms with van der Waals surface area (Å²) in [5.74, 6) is 0. The highest BCUT2D eigenvalue weighted by atomic mass is 35.5. The minimum atomic E-state index is -0.0966. The molecule has 0 aromatic heterocycles. The predicted molar refractivity (Wildman–Crippen MR) is 81.6 cm³/mol. The average Bonchev–Trinajstić information content (AvgIpc) is 2.91. The van der Waals surface area contributed by atoms with Gasteiger partial charge in [0.1, 0.15) is 0 Å². The van der Waals surface area contributed by atoms with Crippen molar-refractivity contribution in [3.8, 4) is 0 Å². The third-order valence-corrected chi connectivity index (χ3v) is 4.89. The quantitative estimate of drug-likeness (QED) is 0.863. The Morgan fingerprint density at radius 3 is 2.95 bits per heavy atom. The number of halogens is 2. The molecule has 3 rings (SSSR count). The number of anilines is 1. The zero-order valence-corrected chi connectivity index (χ0v) is 12.6. The molecule has 0 radical (unpaired) electrons. The van der Waals surface area contributed by atoms with Crippen LogP contribution >= 0.6 is 23.2 Å². The highest BCUT2D eigenvalue weighted by Crippen LogP contribution is 2.30. The van der Waals surface area contributed by atoms with E-state index in [2.05, 4.69) is 10.2 Å². The van der Waals surface area contributed by atoms with Crippen molar-refractivity contribution in [3.05, 3.63) is 28.2 Å². The standard InChI is InChI=1S/C14H17Cl2N3O/c15-11-4-1-5-12(13(11)16)17-14(20)19-8-7-18-6-2-3-10(18)9-19/h1,4-5,10H,2-3,6-9H2,(H,17,20). The van der Waals surface area contributed by atoms with Gasteiger partial charge in [-0.05, 0) is 31.5 Å². The van der Waals surface area contributed by atoms with Gasteiger partial charge in [-0.1, -0.05) is 29.3 Å². The largest absolute Gasteiger partial charge is 0.322 e. The van der Waals surface area contributed by atoms with Crippen LogP contribution in [-0.2, 0) is 0 Å². The maximum Gasteiger partial charge on any atom is 0.321 e. The summed E-state index contributed by atoms with van der Waals surface area (Å²) in [5.41, 5.74) is 0.568. The van der Waals surface area contributed by atoms with E-state index in [0.29, 0.717) is 21.8 Å². The number of nitrogens with zero attached hydrogens (tertiary/aromatic N) is 2. The summed E-state index contributed by atoms with van der Waals surface area (Å²) >= 11 is 12.0. The van der Waals surface area contributed by atoms with E-state index >= 15 is 0 Å². The average molecular weight is 314 g/mol. The Kier molecular flexibility index (Phi) is 4.06. The van der Waals surface area contributed by atoms with Crippen molar-refractivity contribution in [3.63, 3.8) is 0 Å². The van der Waals surface area contributed by atoms with Gasteiger partial charge in [0.25, 0.3) is 0 Å². The lowest BCUT2D eigenvalue weighted by atomic mass is 10.1. The van der Waals surface area contributed by atoms with Crippen LogP contribution < -0.4 is 5.32 Å². The zero-order chi connectivity index (χ0) is 14.1. The number of urea groups is 1. The van der Waals surface area contributed by atoms with Gasteiger partial charge in [0.15, 0.2) is 0 Å². The fourth-order valence-electron chi connectivity index (χ4n) is 2.97. The molecule has 0 aliphatic carbocycles. The van der Waals surface area contributed by atoms with Gasteiger partial charge in [0.05, 0.1) is 15.7 Å². The normalized spacial score (nSPS) is 22.7. The van der Waals surface area contributed by atoms with Gasteiger partial charge in [-0.25, -0.2) is 4.79 Å². The second kappa shape index (κ2) is 5.80. The first-order chi connectivity index (χ1) is 9.65. The summed E-state index contributed by atoms with van der Waals surface area (Å²) in [4.78, 5) is 16.6. The first-order valence-electron chi connectivity index (χ1n) is 6.89. The molecule has 2 fully saturated rings. The van der Waals surface area contributed by atoms with E-state index in [0.717, 1.165) is 19.6 Å². The van der Waals surface area contributed by atoms with Crippen molar-refractivity contribution in [2.45, 2.75) is 18.9 Å². The number of piperazine rings is 1. The Morgan fingerprint density at radius 1 is 1.25 bits per heavy atom. The van der Waals surface area contributed by atoms with Crippen molar-refractivity contribution in [1.82, 2.24) is 9.80 Å². The van der Waals surface area contributed by atoms with E-state index < -0.39 is 0 Å². The van der Waals surface area contributed by atoms with Crippen LogP contribution in [0.1, 0.15) is 12.8 Å². The molecule has 2 aliphatic rings. The molecule has 1 unspecified atom stereocenters. The third kappa shape index (κ3) is 2.73. The topological polar surface area (TPSA) is 35.6 Å². The molecule has 1 N–H and O–H groups in total. The Bertz CT molecular complexity index is 523. The Hall–Kier alpha value is -0.970. The summed E-state index contributed by atoms with van der Waals surface area (Å²) < 4.78 is 0. The number of carbonyl (C=O) groups excluding carboxylic acids is 1. The molecule has 1 aromatic carbocycles. The molecule has 2 amide bonds. The first-order valence-corrected chi connectivity index (χ1v) is 7.65. The molecule has 4 nitrogen and oxygen atoms in total. The van der Waals surface area contributed by atoms with Crippen molar-refractivity contribution >= 4 is 34.9 Å². The van der Waals surface area contributed by atoms with Crippen LogP contribution in [0.4, 0.5) is 10.5 Å². The lowest BCUT2D eigenvalue weighted by Gasteiger charge is -2.37. The van der Waals surface area contributed by atoms with Crippen molar-refractivity contribution in [2.24, 2.45) is 0 Å². The number of amides is 2. The van der Waals surface area contributed by atoms with E-state index in [9.17, 15) is 4.79 Å². The monoisotopic (exact) mass is 313 g/mol. The van der Waals surface area contributed by atoms with E-state index in [4.69, 9.17) is 23.2 Å². The van der Waals surface area contributed by atoms with Gasteiger partial charge < -0.3 is 10.2 Å². The SMILES string of the molecule is O=C(Nc1cccc(Cl)c1Cl)N1CCN2CCCC2C1. The Balaban J connectivity index is 1.66. The Labute approximate surface area is 128 Å². The molecule has 2 heterocycles. The summed E-state index contributed by atoms with van der Waals surface area (Å²) in [7, 11) is 0. The van der Waals surface area contributed by atoms with E-state index in [1.54, 1.807) is 18.2 Å². The molecule has 6 heteroatoms. The number of hydrogen-bond acceptors (Lipinski definition) is 2. The third-order valence-electron chi connectivity index (χ3n) is 4.07. The van der Waals surface area contributed by atoms with Crippen LogP contribution in [0.3, 0.4) is 0 Å². The molecule has 0 bridgehead atoms. The molecule has 108 valence electrons. The van der Waals surface area contributed by atoms with E-state index in [1.165, 1.54) is 19.4 Å². The summed E-state index contributed by atoms with van der Waals surface area (Å²) in [5, 5.41) is 3.69.